The van der Waals surface area contributed by atoms with Crippen LogP contribution in [0.4, 0.5) is 0 Å². The van der Waals surface area contributed by atoms with Crippen molar-refractivity contribution < 1.29 is 0 Å². The maximum Gasteiger partial charge on any atom is 0.0701 e. The van der Waals surface area contributed by atoms with E-state index < -0.39 is 0 Å². The van der Waals surface area contributed by atoms with Crippen LogP contribution >= 0.6 is 39.0 Å². The summed E-state index contributed by atoms with van der Waals surface area (Å²) in [5.41, 5.74) is 1.39. The lowest BCUT2D eigenvalue weighted by Gasteiger charge is -2.12. The molecule has 1 aromatic heterocycles. The average Bonchev–Trinajstić information content (AvgIpc) is 2.84. The fraction of sp³-hybridized carbons (Fsp3) is 0.600. The number of rotatable bonds is 5. The SMILES string of the molecule is CSC1(CNCc2csc(Br)c2)CC1. The molecule has 1 aromatic rings. The van der Waals surface area contributed by atoms with Gasteiger partial charge in [-0.25, -0.2) is 0 Å². The van der Waals surface area contributed by atoms with Gasteiger partial charge in [0.05, 0.1) is 3.79 Å². The van der Waals surface area contributed by atoms with Gasteiger partial charge in [0.2, 0.25) is 0 Å². The lowest BCUT2D eigenvalue weighted by molar-refractivity contribution is 0.664. The van der Waals surface area contributed by atoms with E-state index in [0.717, 1.165) is 13.1 Å². The minimum absolute atomic E-state index is 0.577. The molecule has 0 radical (unpaired) electrons. The molecule has 1 nitrogen and oxygen atoms in total. The van der Waals surface area contributed by atoms with E-state index in [-0.39, 0.29) is 0 Å². The molecule has 0 saturated heterocycles. The molecule has 1 fully saturated rings. The molecule has 4 heteroatoms. The lowest BCUT2D eigenvalue weighted by atomic mass is 10.3. The first-order chi connectivity index (χ1) is 6.74. The Morgan fingerprint density at radius 2 is 2.43 bits per heavy atom. The van der Waals surface area contributed by atoms with Crippen LogP contribution in [0.25, 0.3) is 0 Å². The third-order valence-corrected chi connectivity index (χ3v) is 5.61. The lowest BCUT2D eigenvalue weighted by Crippen LogP contribution is -2.25. The molecule has 0 aliphatic heterocycles. The van der Waals surface area contributed by atoms with E-state index in [1.54, 1.807) is 11.3 Å². The zero-order valence-corrected chi connectivity index (χ0v) is 11.4. The molecule has 2 rings (SSSR count). The quantitative estimate of drug-likeness (QED) is 0.891. The second-order valence-corrected chi connectivity index (χ2v) is 7.31. The number of hydrogen-bond donors (Lipinski definition) is 1. The van der Waals surface area contributed by atoms with E-state index in [1.807, 2.05) is 11.8 Å². The highest BCUT2D eigenvalue weighted by atomic mass is 79.9. The second-order valence-electron chi connectivity index (χ2n) is 3.75. The zero-order chi connectivity index (χ0) is 10.0. The third-order valence-electron chi connectivity index (χ3n) is 2.64. The molecule has 1 saturated carbocycles. The van der Waals surface area contributed by atoms with Crippen molar-refractivity contribution in [1.29, 1.82) is 0 Å². The van der Waals surface area contributed by atoms with Gasteiger partial charge < -0.3 is 5.32 Å². The van der Waals surface area contributed by atoms with Crippen molar-refractivity contribution in [2.24, 2.45) is 0 Å². The monoisotopic (exact) mass is 291 g/mol. The van der Waals surface area contributed by atoms with Gasteiger partial charge in [-0.15, -0.1) is 11.3 Å². The summed E-state index contributed by atoms with van der Waals surface area (Å²) in [6.45, 7) is 2.16. The van der Waals surface area contributed by atoms with E-state index in [4.69, 9.17) is 0 Å². The molecule has 0 amide bonds. The first kappa shape index (κ1) is 11.0. The van der Waals surface area contributed by atoms with Crippen LogP contribution in [0.1, 0.15) is 18.4 Å². The Morgan fingerprint density at radius 3 is 2.93 bits per heavy atom. The summed E-state index contributed by atoms with van der Waals surface area (Å²) in [6.07, 6.45) is 4.98. The molecule has 1 aliphatic carbocycles. The van der Waals surface area contributed by atoms with Crippen LogP contribution in [0.5, 0.6) is 0 Å². The summed E-state index contributed by atoms with van der Waals surface area (Å²) in [6, 6.07) is 2.19. The number of nitrogens with one attached hydrogen (secondary N) is 1. The van der Waals surface area contributed by atoms with Crippen LogP contribution < -0.4 is 5.32 Å². The number of halogens is 1. The first-order valence-electron chi connectivity index (χ1n) is 4.73. The van der Waals surface area contributed by atoms with E-state index in [1.165, 1.54) is 22.2 Å². The van der Waals surface area contributed by atoms with Crippen LogP contribution in [0, 0.1) is 0 Å². The third kappa shape index (κ3) is 2.75. The molecule has 14 heavy (non-hydrogen) atoms. The number of hydrogen-bond acceptors (Lipinski definition) is 3. The van der Waals surface area contributed by atoms with Gasteiger partial charge in [0.15, 0.2) is 0 Å². The van der Waals surface area contributed by atoms with Crippen molar-refractivity contribution in [3.8, 4) is 0 Å². The Bertz CT molecular complexity index is 307. The maximum absolute atomic E-state index is 3.53. The van der Waals surface area contributed by atoms with E-state index in [0.29, 0.717) is 4.75 Å². The molecule has 0 atom stereocenters. The Morgan fingerprint density at radius 1 is 1.64 bits per heavy atom. The molecule has 0 bridgehead atoms. The van der Waals surface area contributed by atoms with Crippen LogP contribution in [0.3, 0.4) is 0 Å². The topological polar surface area (TPSA) is 12.0 Å². The Labute approximate surface area is 102 Å². The normalized spacial score (nSPS) is 18.4. The highest BCUT2D eigenvalue weighted by Gasteiger charge is 2.41. The smallest absolute Gasteiger partial charge is 0.0701 e. The van der Waals surface area contributed by atoms with Crippen molar-refractivity contribution in [2.75, 3.05) is 12.8 Å². The largest absolute Gasteiger partial charge is 0.311 e. The number of thioether (sulfide) groups is 1. The molecular formula is C10H14BrNS2. The fourth-order valence-electron chi connectivity index (χ4n) is 1.47. The van der Waals surface area contributed by atoms with Gasteiger partial charge in [0.1, 0.15) is 0 Å². The van der Waals surface area contributed by atoms with Crippen LogP contribution in [0.15, 0.2) is 15.2 Å². The minimum Gasteiger partial charge on any atom is -0.311 e. The Balaban J connectivity index is 1.73. The van der Waals surface area contributed by atoms with E-state index >= 15 is 0 Å². The van der Waals surface area contributed by atoms with Crippen molar-refractivity contribution in [2.45, 2.75) is 24.1 Å². The van der Waals surface area contributed by atoms with Crippen LogP contribution in [0.2, 0.25) is 0 Å². The molecule has 0 aromatic carbocycles. The average molecular weight is 292 g/mol. The zero-order valence-electron chi connectivity index (χ0n) is 8.18. The van der Waals surface area contributed by atoms with Gasteiger partial charge in [-0.05, 0) is 52.0 Å². The van der Waals surface area contributed by atoms with Gasteiger partial charge in [-0.1, -0.05) is 0 Å². The van der Waals surface area contributed by atoms with Gasteiger partial charge in [0.25, 0.3) is 0 Å². The molecule has 1 N–H and O–H groups in total. The van der Waals surface area contributed by atoms with Crippen LogP contribution in [-0.2, 0) is 6.54 Å². The summed E-state index contributed by atoms with van der Waals surface area (Å²) in [4.78, 5) is 0. The predicted molar refractivity (Wildman–Crippen MR) is 69.2 cm³/mol. The summed E-state index contributed by atoms with van der Waals surface area (Å²) >= 11 is 7.24. The van der Waals surface area contributed by atoms with Gasteiger partial charge >= 0.3 is 0 Å². The highest BCUT2D eigenvalue weighted by molar-refractivity contribution is 9.11. The van der Waals surface area contributed by atoms with E-state index in [2.05, 4.69) is 38.9 Å². The van der Waals surface area contributed by atoms with Gasteiger partial charge in [-0.3, -0.25) is 0 Å². The fourth-order valence-corrected chi connectivity index (χ4v) is 3.43. The molecule has 1 heterocycles. The summed E-state index contributed by atoms with van der Waals surface area (Å²) in [5.74, 6) is 0. The minimum atomic E-state index is 0.577. The predicted octanol–water partition coefficient (Wildman–Crippen LogP) is 3.50. The number of thiophene rings is 1. The molecule has 78 valence electrons. The maximum atomic E-state index is 3.53. The molecule has 0 unspecified atom stereocenters. The summed E-state index contributed by atoms with van der Waals surface area (Å²) < 4.78 is 1.80. The van der Waals surface area contributed by atoms with Crippen molar-refractivity contribution in [3.63, 3.8) is 0 Å². The summed E-state index contributed by atoms with van der Waals surface area (Å²) in [5, 5.41) is 5.74. The van der Waals surface area contributed by atoms with Crippen molar-refractivity contribution in [1.82, 2.24) is 5.32 Å². The molecular weight excluding hydrogens is 278 g/mol. The standard InChI is InChI=1S/C10H14BrNS2/c1-13-10(2-3-10)7-12-5-8-4-9(11)14-6-8/h4,6,12H,2-3,5,7H2,1H3. The highest BCUT2D eigenvalue weighted by Crippen LogP contribution is 2.46. The van der Waals surface area contributed by atoms with Crippen LogP contribution in [-0.4, -0.2) is 17.5 Å². The van der Waals surface area contributed by atoms with Crippen molar-refractivity contribution in [3.05, 3.63) is 20.8 Å². The second kappa shape index (κ2) is 4.56. The molecule has 1 aliphatic rings. The Kier molecular flexibility index (Phi) is 3.58. The Hall–Kier alpha value is 0.490. The van der Waals surface area contributed by atoms with Gasteiger partial charge in [0, 0.05) is 17.8 Å². The summed E-state index contributed by atoms with van der Waals surface area (Å²) in [7, 11) is 0. The van der Waals surface area contributed by atoms with Gasteiger partial charge in [-0.2, -0.15) is 11.8 Å². The van der Waals surface area contributed by atoms with Crippen molar-refractivity contribution >= 4 is 39.0 Å². The van der Waals surface area contributed by atoms with E-state index in [9.17, 15) is 0 Å². The first-order valence-corrected chi connectivity index (χ1v) is 7.63. The molecule has 0 spiro atoms.